The van der Waals surface area contributed by atoms with Crippen LogP contribution in [0, 0.1) is 0 Å². The Labute approximate surface area is 102 Å². The lowest BCUT2D eigenvalue weighted by Gasteiger charge is -2.20. The van der Waals surface area contributed by atoms with Gasteiger partial charge in [-0.2, -0.15) is 0 Å². The molecule has 0 spiro atoms. The summed E-state index contributed by atoms with van der Waals surface area (Å²) in [5.41, 5.74) is -0.171. The van der Waals surface area contributed by atoms with E-state index in [9.17, 15) is 4.79 Å². The average Bonchev–Trinajstić information content (AvgIpc) is 2.59. The first-order valence-corrected chi connectivity index (χ1v) is 6.54. The predicted octanol–water partition coefficient (Wildman–Crippen LogP) is 1.37. The number of nitrogens with zero attached hydrogens (tertiary/aromatic N) is 1. The van der Waals surface area contributed by atoms with Gasteiger partial charge in [0.15, 0.2) is 5.17 Å². The van der Waals surface area contributed by atoms with E-state index in [2.05, 4.69) is 22.5 Å². The molecule has 1 atom stereocenters. The molecule has 16 heavy (non-hydrogen) atoms. The average molecular weight is 243 g/mol. The Balaban J connectivity index is 2.23. The lowest BCUT2D eigenvalue weighted by Crippen LogP contribution is -2.45. The molecular formula is C11H21N3OS. The molecule has 0 bridgehead atoms. The largest absolute Gasteiger partial charge is 0.356 e. The van der Waals surface area contributed by atoms with Crippen molar-refractivity contribution in [2.24, 2.45) is 4.99 Å². The van der Waals surface area contributed by atoms with Gasteiger partial charge in [-0.3, -0.25) is 9.79 Å². The first-order valence-electron chi connectivity index (χ1n) is 5.66. The second-order valence-electron chi connectivity index (χ2n) is 4.95. The number of carbonyl (C=O) groups excluding carboxylic acids is 1. The van der Waals surface area contributed by atoms with Crippen LogP contribution in [0.5, 0.6) is 0 Å². The van der Waals surface area contributed by atoms with E-state index in [1.165, 1.54) is 0 Å². The minimum absolute atomic E-state index is 0.00995. The molecule has 1 amide bonds. The molecule has 1 rings (SSSR count). The van der Waals surface area contributed by atoms with Gasteiger partial charge in [0.2, 0.25) is 5.91 Å². The van der Waals surface area contributed by atoms with Crippen LogP contribution in [0.15, 0.2) is 4.99 Å². The highest BCUT2D eigenvalue weighted by molar-refractivity contribution is 8.14. The smallest absolute Gasteiger partial charge is 0.239 e. The highest BCUT2D eigenvalue weighted by Gasteiger charge is 2.19. The summed E-state index contributed by atoms with van der Waals surface area (Å²) in [7, 11) is 0. The Morgan fingerprint density at radius 3 is 2.75 bits per heavy atom. The first-order chi connectivity index (χ1) is 7.40. The van der Waals surface area contributed by atoms with Crippen LogP contribution < -0.4 is 10.6 Å². The van der Waals surface area contributed by atoms with Crippen molar-refractivity contribution in [3.8, 4) is 0 Å². The molecule has 0 aromatic heterocycles. The molecule has 2 N–H and O–H groups in total. The molecule has 0 aromatic carbocycles. The third-order valence-electron chi connectivity index (χ3n) is 2.09. The van der Waals surface area contributed by atoms with Crippen molar-refractivity contribution >= 4 is 22.8 Å². The molecule has 4 nitrogen and oxygen atoms in total. The number of aliphatic imine (C=N–C) groups is 1. The Morgan fingerprint density at radius 1 is 1.56 bits per heavy atom. The van der Waals surface area contributed by atoms with Crippen LogP contribution in [0.4, 0.5) is 0 Å². The fraction of sp³-hybridized carbons (Fsp3) is 0.818. The van der Waals surface area contributed by atoms with E-state index >= 15 is 0 Å². The number of carbonyl (C=O) groups is 1. The van der Waals surface area contributed by atoms with Gasteiger partial charge in [0, 0.05) is 10.8 Å². The maximum absolute atomic E-state index is 11.5. The van der Waals surface area contributed by atoms with Crippen molar-refractivity contribution in [2.75, 3.05) is 13.1 Å². The normalized spacial score (nSPS) is 20.5. The molecule has 1 unspecified atom stereocenters. The molecule has 5 heteroatoms. The zero-order chi connectivity index (χ0) is 12.2. The third kappa shape index (κ3) is 4.88. The lowest BCUT2D eigenvalue weighted by molar-refractivity contribution is -0.121. The molecule has 0 aromatic rings. The summed E-state index contributed by atoms with van der Waals surface area (Å²) in [6, 6.07) is 0. The predicted molar refractivity (Wildman–Crippen MR) is 69.9 cm³/mol. The van der Waals surface area contributed by atoms with E-state index in [0.717, 1.165) is 18.1 Å². The summed E-state index contributed by atoms with van der Waals surface area (Å²) in [6.07, 6.45) is 1.12. The summed E-state index contributed by atoms with van der Waals surface area (Å²) < 4.78 is 0. The Morgan fingerprint density at radius 2 is 2.25 bits per heavy atom. The van der Waals surface area contributed by atoms with Gasteiger partial charge < -0.3 is 10.6 Å². The quantitative estimate of drug-likeness (QED) is 0.787. The number of hydrogen-bond acceptors (Lipinski definition) is 4. The van der Waals surface area contributed by atoms with Gasteiger partial charge in [-0.15, -0.1) is 0 Å². The number of rotatable bonds is 3. The second-order valence-corrected chi connectivity index (χ2v) is 6.23. The Bertz CT molecular complexity index is 283. The van der Waals surface area contributed by atoms with Crippen molar-refractivity contribution < 1.29 is 4.79 Å². The Hall–Kier alpha value is -0.710. The molecule has 0 saturated carbocycles. The number of amidine groups is 1. The van der Waals surface area contributed by atoms with E-state index in [-0.39, 0.29) is 11.4 Å². The highest BCUT2D eigenvalue weighted by Crippen LogP contribution is 2.21. The van der Waals surface area contributed by atoms with Gasteiger partial charge in [0.1, 0.15) is 0 Å². The van der Waals surface area contributed by atoms with Crippen molar-refractivity contribution in [1.29, 1.82) is 0 Å². The van der Waals surface area contributed by atoms with Crippen LogP contribution in [0.2, 0.25) is 0 Å². The van der Waals surface area contributed by atoms with E-state index < -0.39 is 0 Å². The Kier molecular flexibility index (Phi) is 4.65. The summed E-state index contributed by atoms with van der Waals surface area (Å²) >= 11 is 1.73. The minimum Gasteiger partial charge on any atom is -0.356 e. The minimum atomic E-state index is -0.171. The topological polar surface area (TPSA) is 53.5 Å². The van der Waals surface area contributed by atoms with Gasteiger partial charge in [-0.25, -0.2) is 0 Å². The van der Waals surface area contributed by atoms with Crippen LogP contribution in [-0.2, 0) is 4.79 Å². The van der Waals surface area contributed by atoms with Crippen molar-refractivity contribution in [2.45, 2.75) is 44.9 Å². The number of hydrogen-bond donors (Lipinski definition) is 2. The second kappa shape index (κ2) is 5.57. The van der Waals surface area contributed by atoms with Gasteiger partial charge in [0.05, 0.1) is 13.1 Å². The zero-order valence-electron chi connectivity index (χ0n) is 10.5. The summed E-state index contributed by atoms with van der Waals surface area (Å²) in [6.45, 7) is 9.24. The van der Waals surface area contributed by atoms with Gasteiger partial charge >= 0.3 is 0 Å². The van der Waals surface area contributed by atoms with Crippen LogP contribution in [0.25, 0.3) is 0 Å². The van der Waals surface area contributed by atoms with Crippen molar-refractivity contribution in [3.63, 3.8) is 0 Å². The van der Waals surface area contributed by atoms with Gasteiger partial charge in [0.25, 0.3) is 0 Å². The standard InChI is InChI=1S/C11H21N3OS/c1-5-8-6-12-10(16-8)13-7-9(15)14-11(2,3)4/h8H,5-7H2,1-4H3,(H,12,13)(H,14,15). The van der Waals surface area contributed by atoms with Crippen molar-refractivity contribution in [1.82, 2.24) is 10.6 Å². The molecule has 1 heterocycles. The maximum Gasteiger partial charge on any atom is 0.239 e. The molecule has 92 valence electrons. The van der Waals surface area contributed by atoms with E-state index in [1.54, 1.807) is 11.8 Å². The van der Waals surface area contributed by atoms with E-state index in [4.69, 9.17) is 0 Å². The van der Waals surface area contributed by atoms with Crippen LogP contribution in [0.1, 0.15) is 34.1 Å². The molecule has 0 fully saturated rings. The maximum atomic E-state index is 11.5. The zero-order valence-corrected chi connectivity index (χ0v) is 11.3. The highest BCUT2D eigenvalue weighted by atomic mass is 32.2. The number of thioether (sulfide) groups is 1. The van der Waals surface area contributed by atoms with Crippen molar-refractivity contribution in [3.05, 3.63) is 0 Å². The van der Waals surface area contributed by atoms with Gasteiger partial charge in [-0.05, 0) is 27.2 Å². The van der Waals surface area contributed by atoms with Crippen LogP contribution >= 0.6 is 11.8 Å². The molecule has 0 radical (unpaired) electrons. The SMILES string of the molecule is CCC1CN=C(NCC(=O)NC(C)(C)C)S1. The molecule has 0 saturated heterocycles. The van der Waals surface area contributed by atoms with Crippen LogP contribution in [-0.4, -0.2) is 35.0 Å². The fourth-order valence-corrected chi connectivity index (χ4v) is 2.28. The summed E-state index contributed by atoms with van der Waals surface area (Å²) in [4.78, 5) is 15.9. The fourth-order valence-electron chi connectivity index (χ4n) is 1.35. The van der Waals surface area contributed by atoms with E-state index in [0.29, 0.717) is 11.8 Å². The summed E-state index contributed by atoms with van der Waals surface area (Å²) in [5.74, 6) is 0.00995. The monoisotopic (exact) mass is 243 g/mol. The number of nitrogens with one attached hydrogen (secondary N) is 2. The van der Waals surface area contributed by atoms with Gasteiger partial charge in [-0.1, -0.05) is 18.7 Å². The third-order valence-corrected chi connectivity index (χ3v) is 3.40. The molecule has 1 aliphatic heterocycles. The first kappa shape index (κ1) is 13.4. The molecular weight excluding hydrogens is 222 g/mol. The van der Waals surface area contributed by atoms with Crippen LogP contribution in [0.3, 0.4) is 0 Å². The molecule has 1 aliphatic rings. The lowest BCUT2D eigenvalue weighted by atomic mass is 10.1. The summed E-state index contributed by atoms with van der Waals surface area (Å²) in [5, 5.41) is 7.45. The van der Waals surface area contributed by atoms with E-state index in [1.807, 2.05) is 20.8 Å². The molecule has 0 aliphatic carbocycles. The number of amides is 1.